The van der Waals surface area contributed by atoms with Crippen molar-refractivity contribution in [3.05, 3.63) is 33.8 Å². The van der Waals surface area contributed by atoms with Crippen molar-refractivity contribution >= 4 is 41.1 Å². The summed E-state index contributed by atoms with van der Waals surface area (Å²) in [7, 11) is 0. The number of hydrogen-bond acceptors (Lipinski definition) is 3. The lowest BCUT2D eigenvalue weighted by Gasteiger charge is -2.33. The third kappa shape index (κ3) is 5.09. The molecule has 31 heavy (non-hydrogen) atoms. The van der Waals surface area contributed by atoms with E-state index in [1.54, 1.807) is 12.1 Å². The zero-order valence-electron chi connectivity index (χ0n) is 17.2. The molecule has 1 saturated carbocycles. The Bertz CT molecular complexity index is 868. The van der Waals surface area contributed by atoms with Gasteiger partial charge in [0, 0.05) is 56.4 Å². The van der Waals surface area contributed by atoms with E-state index in [-0.39, 0.29) is 42.0 Å². The van der Waals surface area contributed by atoms with E-state index >= 15 is 0 Å². The van der Waals surface area contributed by atoms with Gasteiger partial charge in [-0.05, 0) is 43.4 Å². The summed E-state index contributed by atoms with van der Waals surface area (Å²) in [5, 5.41) is 12.4. The number of carbonyl (C=O) groups excluding carboxylic acids is 2. The van der Waals surface area contributed by atoms with E-state index in [9.17, 15) is 14.4 Å². The zero-order chi connectivity index (χ0) is 22.1. The van der Waals surface area contributed by atoms with Gasteiger partial charge in [-0.15, -0.1) is 0 Å². The van der Waals surface area contributed by atoms with Crippen molar-refractivity contribution in [3.63, 3.8) is 0 Å². The number of carbonyl (C=O) groups is 3. The number of rotatable bonds is 5. The van der Waals surface area contributed by atoms with Gasteiger partial charge in [-0.2, -0.15) is 0 Å². The van der Waals surface area contributed by atoms with E-state index in [0.29, 0.717) is 49.1 Å². The van der Waals surface area contributed by atoms with Gasteiger partial charge in [-0.25, -0.2) is 4.79 Å². The van der Waals surface area contributed by atoms with Crippen LogP contribution < -0.4 is 5.32 Å². The maximum absolute atomic E-state index is 13.2. The van der Waals surface area contributed by atoms with Gasteiger partial charge in [0.25, 0.3) is 0 Å². The molecule has 2 heterocycles. The lowest BCUT2D eigenvalue weighted by molar-refractivity contribution is -0.140. The molecular weight excluding hydrogens is 441 g/mol. The number of halogens is 2. The largest absolute Gasteiger partial charge is 0.465 e. The summed E-state index contributed by atoms with van der Waals surface area (Å²) in [6.45, 7) is 2.55. The molecular formula is C22H27Cl2N3O4. The fraction of sp³-hybridized carbons (Fsp3) is 0.591. The van der Waals surface area contributed by atoms with Crippen LogP contribution in [0.1, 0.15) is 37.2 Å². The fourth-order valence-electron chi connectivity index (χ4n) is 4.79. The molecule has 0 unspecified atom stereocenters. The molecule has 1 aromatic carbocycles. The summed E-state index contributed by atoms with van der Waals surface area (Å²) in [6, 6.07) is 5.43. The molecule has 168 valence electrons. The van der Waals surface area contributed by atoms with Crippen LogP contribution in [0, 0.1) is 17.8 Å². The molecule has 2 saturated heterocycles. The maximum Gasteiger partial charge on any atom is 0.404 e. The van der Waals surface area contributed by atoms with Gasteiger partial charge >= 0.3 is 6.09 Å². The molecule has 2 aliphatic heterocycles. The van der Waals surface area contributed by atoms with E-state index in [4.69, 9.17) is 28.3 Å². The van der Waals surface area contributed by atoms with Crippen molar-refractivity contribution in [2.45, 2.75) is 31.6 Å². The topological polar surface area (TPSA) is 89.9 Å². The smallest absolute Gasteiger partial charge is 0.404 e. The number of amides is 3. The van der Waals surface area contributed by atoms with E-state index in [2.05, 4.69) is 5.32 Å². The number of nitrogens with one attached hydrogen (secondary N) is 1. The van der Waals surface area contributed by atoms with Crippen molar-refractivity contribution in [1.82, 2.24) is 15.1 Å². The van der Waals surface area contributed by atoms with Gasteiger partial charge in [-0.3, -0.25) is 9.59 Å². The first-order valence-corrected chi connectivity index (χ1v) is 11.6. The van der Waals surface area contributed by atoms with Crippen molar-refractivity contribution in [3.8, 4) is 0 Å². The standard InChI is InChI=1S/C22H27Cl2N3O4/c23-18-4-3-15(9-19(18)24)17-12-27(11-16(17)10-25-22(30)31)21(29)14-5-7-26(8-6-14)20(28)13-1-2-13/h3-4,9,13-14,16-17,25H,1-2,5-8,10-12H2,(H,30,31)/t16-,17-/m1/s1. The van der Waals surface area contributed by atoms with E-state index < -0.39 is 6.09 Å². The van der Waals surface area contributed by atoms with Gasteiger partial charge in [0.05, 0.1) is 10.0 Å². The van der Waals surface area contributed by atoms with Gasteiger partial charge < -0.3 is 20.2 Å². The lowest BCUT2D eigenvalue weighted by Crippen LogP contribution is -2.44. The fourth-order valence-corrected chi connectivity index (χ4v) is 5.10. The molecule has 4 rings (SSSR count). The summed E-state index contributed by atoms with van der Waals surface area (Å²) in [4.78, 5) is 40.3. The van der Waals surface area contributed by atoms with Crippen molar-refractivity contribution in [2.75, 3.05) is 32.7 Å². The predicted molar refractivity (Wildman–Crippen MR) is 117 cm³/mol. The van der Waals surface area contributed by atoms with Crippen LogP contribution in [0.15, 0.2) is 18.2 Å². The average molecular weight is 468 g/mol. The van der Waals surface area contributed by atoms with Crippen LogP contribution in [0.25, 0.3) is 0 Å². The summed E-state index contributed by atoms with van der Waals surface area (Å²) in [6.07, 6.45) is 2.28. The molecule has 0 aromatic heterocycles. The minimum atomic E-state index is -1.08. The number of piperidine rings is 1. The highest BCUT2D eigenvalue weighted by Gasteiger charge is 2.40. The summed E-state index contributed by atoms with van der Waals surface area (Å²) in [5.74, 6) is 0.382. The number of nitrogens with zero attached hydrogens (tertiary/aromatic N) is 2. The third-order valence-electron chi connectivity index (χ3n) is 6.72. The SMILES string of the molecule is O=C(O)NC[C@@H]1CN(C(=O)C2CCN(C(=O)C3CC3)CC2)C[C@@H]1c1ccc(Cl)c(Cl)c1. The van der Waals surface area contributed by atoms with E-state index in [1.807, 2.05) is 15.9 Å². The quantitative estimate of drug-likeness (QED) is 0.693. The number of carboxylic acid groups (broad SMARTS) is 1. The molecule has 0 spiro atoms. The monoisotopic (exact) mass is 467 g/mol. The summed E-state index contributed by atoms with van der Waals surface area (Å²) >= 11 is 12.2. The summed E-state index contributed by atoms with van der Waals surface area (Å²) < 4.78 is 0. The normalized spacial score (nSPS) is 24.3. The molecule has 2 atom stereocenters. The van der Waals surface area contributed by atoms with Crippen molar-refractivity contribution in [1.29, 1.82) is 0 Å². The third-order valence-corrected chi connectivity index (χ3v) is 7.46. The number of benzene rings is 1. The highest BCUT2D eigenvalue weighted by atomic mass is 35.5. The molecule has 2 N–H and O–H groups in total. The Balaban J connectivity index is 1.41. The van der Waals surface area contributed by atoms with Crippen LogP contribution in [-0.2, 0) is 9.59 Å². The zero-order valence-corrected chi connectivity index (χ0v) is 18.7. The lowest BCUT2D eigenvalue weighted by atomic mass is 9.89. The van der Waals surface area contributed by atoms with Crippen LogP contribution >= 0.6 is 23.2 Å². The van der Waals surface area contributed by atoms with Crippen molar-refractivity contribution in [2.24, 2.45) is 17.8 Å². The van der Waals surface area contributed by atoms with Crippen LogP contribution in [-0.4, -0.2) is 65.5 Å². The molecule has 3 amide bonds. The van der Waals surface area contributed by atoms with Gasteiger partial charge in [0.15, 0.2) is 0 Å². The average Bonchev–Trinajstić information content (AvgIpc) is 3.52. The van der Waals surface area contributed by atoms with Gasteiger partial charge in [0.2, 0.25) is 11.8 Å². The number of likely N-dealkylation sites (tertiary alicyclic amines) is 2. The first kappa shape index (κ1) is 22.2. The molecule has 0 bridgehead atoms. The maximum atomic E-state index is 13.2. The molecule has 0 radical (unpaired) electrons. The molecule has 7 nitrogen and oxygen atoms in total. The molecule has 3 fully saturated rings. The molecule has 9 heteroatoms. The van der Waals surface area contributed by atoms with E-state index in [0.717, 1.165) is 18.4 Å². The Morgan fingerprint density at radius 2 is 1.58 bits per heavy atom. The Hall–Kier alpha value is -1.99. The van der Waals surface area contributed by atoms with Crippen LogP contribution in [0.5, 0.6) is 0 Å². The molecule has 1 aromatic rings. The second kappa shape index (κ2) is 9.25. The minimum Gasteiger partial charge on any atom is -0.465 e. The highest BCUT2D eigenvalue weighted by Crippen LogP contribution is 2.37. The number of hydrogen-bond donors (Lipinski definition) is 2. The predicted octanol–water partition coefficient (Wildman–Crippen LogP) is 3.45. The second-order valence-electron chi connectivity index (χ2n) is 8.84. The molecule has 1 aliphatic carbocycles. The van der Waals surface area contributed by atoms with Gasteiger partial charge in [0.1, 0.15) is 0 Å². The Labute approximate surface area is 191 Å². The first-order valence-electron chi connectivity index (χ1n) is 10.8. The van der Waals surface area contributed by atoms with Gasteiger partial charge in [-0.1, -0.05) is 29.3 Å². The van der Waals surface area contributed by atoms with Crippen LogP contribution in [0.4, 0.5) is 4.79 Å². The Morgan fingerprint density at radius 3 is 2.19 bits per heavy atom. The van der Waals surface area contributed by atoms with Crippen molar-refractivity contribution < 1.29 is 19.5 Å². The second-order valence-corrected chi connectivity index (χ2v) is 9.66. The summed E-state index contributed by atoms with van der Waals surface area (Å²) in [5.41, 5.74) is 0.951. The molecule has 3 aliphatic rings. The van der Waals surface area contributed by atoms with Crippen LogP contribution in [0.2, 0.25) is 10.0 Å². The minimum absolute atomic E-state index is 0.0258. The highest BCUT2D eigenvalue weighted by molar-refractivity contribution is 6.42. The van der Waals surface area contributed by atoms with Crippen LogP contribution in [0.3, 0.4) is 0 Å². The van der Waals surface area contributed by atoms with E-state index in [1.165, 1.54) is 0 Å². The Kier molecular flexibility index (Phi) is 6.63. The Morgan fingerprint density at radius 1 is 0.935 bits per heavy atom. The first-order chi connectivity index (χ1) is 14.8.